The highest BCUT2D eigenvalue weighted by Gasteiger charge is 2.49. The Kier molecular flexibility index (Phi) is 10.9. The Bertz CT molecular complexity index is 787. The van der Waals surface area contributed by atoms with Crippen molar-refractivity contribution in [2.24, 2.45) is 5.92 Å². The van der Waals surface area contributed by atoms with Gasteiger partial charge in [0.25, 0.3) is 0 Å². The van der Waals surface area contributed by atoms with Crippen LogP contribution in [0.1, 0.15) is 82.1 Å². The summed E-state index contributed by atoms with van der Waals surface area (Å²) in [4.78, 5) is 0. The highest BCUT2D eigenvalue weighted by molar-refractivity contribution is 6.77. The molecule has 0 spiro atoms. The number of hydrogen-bond acceptors (Lipinski definition) is 2. The molecule has 1 aliphatic rings. The van der Waals surface area contributed by atoms with Crippen LogP contribution < -0.4 is 5.19 Å². The summed E-state index contributed by atoms with van der Waals surface area (Å²) in [6, 6.07) is 12.2. The second kappa shape index (κ2) is 12.4. The van der Waals surface area contributed by atoms with E-state index in [9.17, 15) is 0 Å². The zero-order chi connectivity index (χ0) is 26.6. The third-order valence-electron chi connectivity index (χ3n) is 8.74. The average molecular weight is 531 g/mol. The van der Waals surface area contributed by atoms with Crippen LogP contribution in [-0.2, 0) is 8.85 Å². The van der Waals surface area contributed by atoms with Crippen LogP contribution in [0.5, 0.6) is 0 Å². The highest BCUT2D eigenvalue weighted by Crippen LogP contribution is 2.47. The molecule has 2 nitrogen and oxygen atoms in total. The van der Waals surface area contributed by atoms with Crippen molar-refractivity contribution in [1.82, 2.24) is 0 Å². The molecular formula is C30H54O2Si3. The lowest BCUT2D eigenvalue weighted by Crippen LogP contribution is -2.51. The summed E-state index contributed by atoms with van der Waals surface area (Å²) in [7, 11) is -2.90. The Labute approximate surface area is 222 Å². The fraction of sp³-hybridized carbons (Fsp3) is 0.733. The molecule has 1 aromatic rings. The Morgan fingerprint density at radius 1 is 0.943 bits per heavy atom. The second-order valence-corrected chi connectivity index (χ2v) is 24.7. The average Bonchev–Trinajstić information content (AvgIpc) is 3.09. The first kappa shape index (κ1) is 30.8. The van der Waals surface area contributed by atoms with Crippen molar-refractivity contribution in [3.05, 3.63) is 42.0 Å². The van der Waals surface area contributed by atoms with Gasteiger partial charge in [0.05, 0.1) is 21.7 Å². The van der Waals surface area contributed by atoms with Gasteiger partial charge in [-0.1, -0.05) is 109 Å². The largest absolute Gasteiger partial charge is 0.413 e. The van der Waals surface area contributed by atoms with Crippen LogP contribution in [0.25, 0.3) is 0 Å². The Balaban J connectivity index is 2.34. The van der Waals surface area contributed by atoms with Gasteiger partial charge >= 0.3 is 0 Å². The smallest absolute Gasteiger partial charge is 0.200 e. The molecule has 1 aromatic carbocycles. The Morgan fingerprint density at radius 3 is 1.97 bits per heavy atom. The highest BCUT2D eigenvalue weighted by atomic mass is 28.4. The molecule has 2 radical (unpaired) electrons. The first-order valence-electron chi connectivity index (χ1n) is 14.0. The van der Waals surface area contributed by atoms with E-state index in [4.69, 9.17) is 8.85 Å². The molecule has 5 heteroatoms. The predicted molar refractivity (Wildman–Crippen MR) is 161 cm³/mol. The maximum atomic E-state index is 7.42. The molecule has 1 saturated carbocycles. The van der Waals surface area contributed by atoms with Gasteiger partial charge in [-0.15, -0.1) is 0 Å². The lowest BCUT2D eigenvalue weighted by molar-refractivity contribution is 0.149. The van der Waals surface area contributed by atoms with Gasteiger partial charge in [-0.2, -0.15) is 0 Å². The first-order chi connectivity index (χ1) is 16.1. The van der Waals surface area contributed by atoms with Crippen molar-refractivity contribution in [3.63, 3.8) is 0 Å². The summed E-state index contributed by atoms with van der Waals surface area (Å²) in [5, 5.41) is 1.69. The van der Waals surface area contributed by atoms with Crippen molar-refractivity contribution in [3.8, 4) is 0 Å². The van der Waals surface area contributed by atoms with Gasteiger partial charge in [0.2, 0.25) is 8.32 Å². The van der Waals surface area contributed by atoms with E-state index in [1.807, 2.05) is 0 Å². The van der Waals surface area contributed by atoms with Crippen LogP contribution in [0, 0.1) is 5.92 Å². The second-order valence-electron chi connectivity index (χ2n) is 13.2. The molecule has 0 aliphatic heterocycles. The lowest BCUT2D eigenvalue weighted by Gasteiger charge is -2.45. The number of hydrogen-bond donors (Lipinski definition) is 0. The molecule has 0 aromatic heterocycles. The molecule has 198 valence electrons. The quantitative estimate of drug-likeness (QED) is 0.210. The summed E-state index contributed by atoms with van der Waals surface area (Å²) in [5.41, 5.74) is 3.44. The van der Waals surface area contributed by atoms with Gasteiger partial charge in [0, 0.05) is 5.92 Å². The summed E-state index contributed by atoms with van der Waals surface area (Å²) in [6.07, 6.45) is 5.29. The van der Waals surface area contributed by atoms with E-state index in [2.05, 4.69) is 119 Å². The van der Waals surface area contributed by atoms with Gasteiger partial charge in [-0.25, -0.2) is 0 Å². The molecule has 1 fully saturated rings. The van der Waals surface area contributed by atoms with Crippen molar-refractivity contribution >= 4 is 31.3 Å². The summed E-state index contributed by atoms with van der Waals surface area (Å²) in [5.74, 6) is 0.502. The zero-order valence-corrected chi connectivity index (χ0v) is 27.9. The molecule has 35 heavy (non-hydrogen) atoms. The summed E-state index contributed by atoms with van der Waals surface area (Å²) >= 11 is 0. The predicted octanol–water partition coefficient (Wildman–Crippen LogP) is 8.74. The topological polar surface area (TPSA) is 18.5 Å². The normalized spacial score (nSPS) is 22.1. The van der Waals surface area contributed by atoms with E-state index in [-0.39, 0.29) is 11.1 Å². The Hall–Kier alpha value is -0.469. The standard InChI is InChI=1S/C30H54O2Si3/c1-22(2)35(23(3)4,24(5)6)32-29-19-18-26(20-25(7)31-34(11,12)30(8,9)10)28(29)21-33-27-16-14-13-15-17-27/h13-17,20,22-25,28-29H,18-19,21H2,1-12H3/b26-20+/t25?,28-,29-/m1/s1. The fourth-order valence-electron chi connectivity index (χ4n) is 5.98. The summed E-state index contributed by atoms with van der Waals surface area (Å²) in [6.45, 7) is 28.4. The van der Waals surface area contributed by atoms with Crippen molar-refractivity contribution in [2.45, 2.75) is 135 Å². The van der Waals surface area contributed by atoms with Crippen LogP contribution in [-0.4, -0.2) is 38.4 Å². The minimum Gasteiger partial charge on any atom is -0.413 e. The van der Waals surface area contributed by atoms with Crippen molar-refractivity contribution in [2.75, 3.05) is 0 Å². The van der Waals surface area contributed by atoms with Crippen LogP contribution in [0.15, 0.2) is 42.0 Å². The molecule has 0 bridgehead atoms. The van der Waals surface area contributed by atoms with Gasteiger partial charge in [0.15, 0.2) is 8.32 Å². The van der Waals surface area contributed by atoms with Crippen LogP contribution in [0.2, 0.25) is 40.8 Å². The maximum absolute atomic E-state index is 7.42. The molecule has 3 atom stereocenters. The van der Waals surface area contributed by atoms with Gasteiger partial charge in [-0.3, -0.25) is 0 Å². The maximum Gasteiger partial charge on any atom is 0.200 e. The van der Waals surface area contributed by atoms with E-state index in [0.29, 0.717) is 28.6 Å². The molecule has 1 aliphatic carbocycles. The van der Waals surface area contributed by atoms with E-state index < -0.39 is 16.6 Å². The van der Waals surface area contributed by atoms with Gasteiger partial charge < -0.3 is 8.85 Å². The SMILES string of the molecule is CC(/C=C1\CC[C@@H](O[Si](C(C)C)(C(C)C)C(C)C)[C@@H]1C[Si]c1ccccc1)O[Si](C)(C)C(C)(C)C. The van der Waals surface area contributed by atoms with Crippen LogP contribution in [0.3, 0.4) is 0 Å². The van der Waals surface area contributed by atoms with E-state index in [0.717, 1.165) is 22.4 Å². The van der Waals surface area contributed by atoms with Crippen molar-refractivity contribution < 1.29 is 8.85 Å². The Morgan fingerprint density at radius 2 is 1.49 bits per heavy atom. The molecule has 0 saturated heterocycles. The molecule has 0 N–H and O–H groups in total. The van der Waals surface area contributed by atoms with Gasteiger partial charge in [-0.05, 0) is 60.6 Å². The molecular weight excluding hydrogens is 477 g/mol. The first-order valence-corrected chi connectivity index (χ1v) is 20.2. The molecule has 0 amide bonds. The van der Waals surface area contributed by atoms with Crippen LogP contribution >= 0.6 is 0 Å². The van der Waals surface area contributed by atoms with Crippen LogP contribution in [0.4, 0.5) is 0 Å². The third kappa shape index (κ3) is 7.53. The minimum atomic E-state index is -1.92. The van der Waals surface area contributed by atoms with Gasteiger partial charge in [0.1, 0.15) is 0 Å². The van der Waals surface area contributed by atoms with E-state index >= 15 is 0 Å². The third-order valence-corrected chi connectivity index (χ3v) is 20.8. The summed E-state index contributed by atoms with van der Waals surface area (Å²) < 4.78 is 14.2. The number of benzene rings is 1. The minimum absolute atomic E-state index is 0.162. The van der Waals surface area contributed by atoms with E-state index in [1.165, 1.54) is 11.2 Å². The zero-order valence-electron chi connectivity index (χ0n) is 24.9. The molecule has 2 rings (SSSR count). The lowest BCUT2D eigenvalue weighted by atomic mass is 10.0. The number of rotatable bonds is 11. The monoisotopic (exact) mass is 530 g/mol. The van der Waals surface area contributed by atoms with E-state index in [1.54, 1.807) is 5.57 Å². The van der Waals surface area contributed by atoms with Crippen molar-refractivity contribution in [1.29, 1.82) is 0 Å². The fourth-order valence-corrected chi connectivity index (χ4v) is 14.4. The molecule has 1 unspecified atom stereocenters. The molecule has 0 heterocycles.